The zero-order chi connectivity index (χ0) is 15.5. The SMILES string of the molecule is CC(C)CCN(C)c1nc(C(F)(F)F)ccc1C(N)=S. The number of thiocarbonyl (C=S) groups is 1. The molecule has 0 aliphatic rings. The van der Waals surface area contributed by atoms with Gasteiger partial charge in [-0.1, -0.05) is 26.1 Å². The Kier molecular flexibility index (Phi) is 5.33. The standard InChI is InChI=1S/C13H18F3N3S/c1-8(2)6-7-19(3)12-9(11(17)20)4-5-10(18-12)13(14,15)16/h4-5,8H,6-7H2,1-3H3,(H2,17,20). The Morgan fingerprint density at radius 1 is 1.40 bits per heavy atom. The molecule has 0 fully saturated rings. The van der Waals surface area contributed by atoms with Gasteiger partial charge in [0.2, 0.25) is 0 Å². The molecule has 112 valence electrons. The Morgan fingerprint density at radius 2 is 2.00 bits per heavy atom. The fourth-order valence-corrected chi connectivity index (χ4v) is 1.81. The third-order valence-corrected chi connectivity index (χ3v) is 3.05. The van der Waals surface area contributed by atoms with Crippen molar-refractivity contribution in [2.75, 3.05) is 18.5 Å². The van der Waals surface area contributed by atoms with Gasteiger partial charge in [-0.05, 0) is 24.5 Å². The predicted molar refractivity (Wildman–Crippen MR) is 77.9 cm³/mol. The van der Waals surface area contributed by atoms with E-state index in [0.29, 0.717) is 18.0 Å². The molecule has 0 amide bonds. The molecule has 1 heterocycles. The molecule has 1 aromatic rings. The van der Waals surface area contributed by atoms with Crippen molar-refractivity contribution >= 4 is 23.0 Å². The number of nitrogens with zero attached hydrogens (tertiary/aromatic N) is 2. The molecule has 0 bridgehead atoms. The molecular weight excluding hydrogens is 287 g/mol. The number of hydrogen-bond donors (Lipinski definition) is 1. The third kappa shape index (κ3) is 4.33. The van der Waals surface area contributed by atoms with Gasteiger partial charge >= 0.3 is 6.18 Å². The summed E-state index contributed by atoms with van der Waals surface area (Å²) < 4.78 is 38.2. The Balaban J connectivity index is 3.15. The molecule has 0 unspecified atom stereocenters. The molecule has 2 N–H and O–H groups in total. The summed E-state index contributed by atoms with van der Waals surface area (Å²) in [5.74, 6) is 0.615. The topological polar surface area (TPSA) is 42.2 Å². The highest BCUT2D eigenvalue weighted by molar-refractivity contribution is 7.80. The number of alkyl halides is 3. The second-order valence-corrected chi connectivity index (χ2v) is 5.47. The first kappa shape index (κ1) is 16.7. The van der Waals surface area contributed by atoms with E-state index in [2.05, 4.69) is 4.98 Å². The van der Waals surface area contributed by atoms with Crippen LogP contribution in [0.5, 0.6) is 0 Å². The minimum atomic E-state index is -4.48. The molecule has 0 atom stereocenters. The summed E-state index contributed by atoms with van der Waals surface area (Å²) in [4.78, 5) is 5.37. The van der Waals surface area contributed by atoms with E-state index >= 15 is 0 Å². The van der Waals surface area contributed by atoms with Crippen molar-refractivity contribution in [1.82, 2.24) is 4.98 Å². The fourth-order valence-electron chi connectivity index (χ4n) is 1.65. The first-order valence-corrected chi connectivity index (χ1v) is 6.63. The van der Waals surface area contributed by atoms with E-state index in [4.69, 9.17) is 18.0 Å². The van der Waals surface area contributed by atoms with Crippen molar-refractivity contribution in [3.05, 3.63) is 23.4 Å². The van der Waals surface area contributed by atoms with Crippen molar-refractivity contribution in [2.45, 2.75) is 26.4 Å². The highest BCUT2D eigenvalue weighted by atomic mass is 32.1. The number of halogens is 3. The smallest absolute Gasteiger partial charge is 0.389 e. The van der Waals surface area contributed by atoms with Crippen LogP contribution in [0, 0.1) is 5.92 Å². The number of rotatable bonds is 5. The van der Waals surface area contributed by atoms with Crippen LogP contribution in [0.25, 0.3) is 0 Å². The van der Waals surface area contributed by atoms with Crippen LogP contribution >= 0.6 is 12.2 Å². The summed E-state index contributed by atoms with van der Waals surface area (Å²) in [6, 6.07) is 2.17. The molecular formula is C13H18F3N3S. The maximum atomic E-state index is 12.7. The summed E-state index contributed by atoms with van der Waals surface area (Å²) in [5.41, 5.74) is 4.97. The van der Waals surface area contributed by atoms with Crippen LogP contribution in [0.4, 0.5) is 19.0 Å². The van der Waals surface area contributed by atoms with Crippen LogP contribution in [-0.2, 0) is 6.18 Å². The zero-order valence-electron chi connectivity index (χ0n) is 11.7. The molecule has 1 aromatic heterocycles. The number of anilines is 1. The zero-order valence-corrected chi connectivity index (χ0v) is 12.5. The van der Waals surface area contributed by atoms with E-state index in [1.165, 1.54) is 6.07 Å². The number of pyridine rings is 1. The number of hydrogen-bond acceptors (Lipinski definition) is 3. The lowest BCUT2D eigenvalue weighted by Gasteiger charge is -2.23. The van der Waals surface area contributed by atoms with Crippen molar-refractivity contribution < 1.29 is 13.2 Å². The van der Waals surface area contributed by atoms with E-state index in [0.717, 1.165) is 12.5 Å². The lowest BCUT2D eigenvalue weighted by atomic mass is 10.1. The van der Waals surface area contributed by atoms with Gasteiger partial charge in [0.1, 0.15) is 16.5 Å². The normalized spacial score (nSPS) is 11.8. The molecule has 0 saturated heterocycles. The quantitative estimate of drug-likeness (QED) is 0.848. The van der Waals surface area contributed by atoms with E-state index in [1.54, 1.807) is 11.9 Å². The van der Waals surface area contributed by atoms with Crippen LogP contribution in [0.15, 0.2) is 12.1 Å². The molecule has 0 saturated carbocycles. The average Bonchev–Trinajstić information content (AvgIpc) is 2.33. The van der Waals surface area contributed by atoms with Gasteiger partial charge in [-0.3, -0.25) is 0 Å². The van der Waals surface area contributed by atoms with Crippen molar-refractivity contribution in [2.24, 2.45) is 11.7 Å². The lowest BCUT2D eigenvalue weighted by molar-refractivity contribution is -0.141. The molecule has 0 aliphatic heterocycles. The van der Waals surface area contributed by atoms with Crippen molar-refractivity contribution in [1.29, 1.82) is 0 Å². The van der Waals surface area contributed by atoms with Crippen LogP contribution in [0.2, 0.25) is 0 Å². The fraction of sp³-hybridized carbons (Fsp3) is 0.538. The van der Waals surface area contributed by atoms with Crippen LogP contribution in [0.1, 0.15) is 31.5 Å². The maximum absolute atomic E-state index is 12.7. The van der Waals surface area contributed by atoms with Gasteiger partial charge in [0.05, 0.1) is 5.56 Å². The summed E-state index contributed by atoms with van der Waals surface area (Å²) in [5, 5.41) is 0. The molecule has 1 rings (SSSR count). The van der Waals surface area contributed by atoms with Crippen LogP contribution < -0.4 is 10.6 Å². The van der Waals surface area contributed by atoms with Crippen LogP contribution in [0.3, 0.4) is 0 Å². The summed E-state index contributed by atoms with van der Waals surface area (Å²) in [7, 11) is 1.69. The van der Waals surface area contributed by atoms with Gasteiger partial charge in [0.15, 0.2) is 0 Å². The molecule has 0 spiro atoms. The van der Waals surface area contributed by atoms with Gasteiger partial charge in [-0.2, -0.15) is 13.2 Å². The predicted octanol–water partition coefficient (Wildman–Crippen LogP) is 3.22. The first-order chi connectivity index (χ1) is 9.12. The van der Waals surface area contributed by atoms with Crippen LogP contribution in [-0.4, -0.2) is 23.6 Å². The molecule has 20 heavy (non-hydrogen) atoms. The molecule has 0 radical (unpaired) electrons. The van der Waals surface area contributed by atoms with Gasteiger partial charge in [0, 0.05) is 13.6 Å². The second-order valence-electron chi connectivity index (χ2n) is 5.03. The number of nitrogens with two attached hydrogens (primary N) is 1. The monoisotopic (exact) mass is 305 g/mol. The largest absolute Gasteiger partial charge is 0.433 e. The summed E-state index contributed by atoms with van der Waals surface area (Å²) in [6.45, 7) is 4.67. The molecule has 0 aliphatic carbocycles. The van der Waals surface area contributed by atoms with Crippen molar-refractivity contribution in [3.63, 3.8) is 0 Å². The summed E-state index contributed by atoms with van der Waals surface area (Å²) >= 11 is 4.87. The second kappa shape index (κ2) is 6.39. The first-order valence-electron chi connectivity index (χ1n) is 6.22. The maximum Gasteiger partial charge on any atom is 0.433 e. The Bertz CT molecular complexity index is 486. The van der Waals surface area contributed by atoms with E-state index in [-0.39, 0.29) is 10.8 Å². The van der Waals surface area contributed by atoms with Gasteiger partial charge in [-0.25, -0.2) is 4.98 Å². The Hall–Kier alpha value is -1.37. The summed E-state index contributed by atoms with van der Waals surface area (Å²) in [6.07, 6.45) is -3.65. The highest BCUT2D eigenvalue weighted by Crippen LogP contribution is 2.30. The van der Waals surface area contributed by atoms with E-state index < -0.39 is 11.9 Å². The van der Waals surface area contributed by atoms with Gasteiger partial charge in [-0.15, -0.1) is 0 Å². The molecule has 0 aromatic carbocycles. The highest BCUT2D eigenvalue weighted by Gasteiger charge is 2.33. The minimum absolute atomic E-state index is 0.0395. The molecule has 7 heteroatoms. The Labute approximate surface area is 122 Å². The minimum Gasteiger partial charge on any atom is -0.389 e. The average molecular weight is 305 g/mol. The third-order valence-electron chi connectivity index (χ3n) is 2.83. The van der Waals surface area contributed by atoms with E-state index in [1.807, 2.05) is 13.8 Å². The van der Waals surface area contributed by atoms with E-state index in [9.17, 15) is 13.2 Å². The lowest BCUT2D eigenvalue weighted by Crippen LogP contribution is -2.26. The number of aromatic nitrogens is 1. The van der Waals surface area contributed by atoms with Gasteiger partial charge in [0.25, 0.3) is 0 Å². The van der Waals surface area contributed by atoms with Gasteiger partial charge < -0.3 is 10.6 Å². The Morgan fingerprint density at radius 3 is 2.45 bits per heavy atom. The van der Waals surface area contributed by atoms with Crippen molar-refractivity contribution in [3.8, 4) is 0 Å². The molecule has 3 nitrogen and oxygen atoms in total.